The topological polar surface area (TPSA) is 22.4 Å². The van der Waals surface area contributed by atoms with Gasteiger partial charge in [0.25, 0.3) is 0 Å². The molecule has 0 amide bonds. The monoisotopic (exact) mass is 138 g/mol. The Labute approximate surface area is 59.8 Å². The zero-order valence-electron chi connectivity index (χ0n) is 5.96. The lowest BCUT2D eigenvalue weighted by Gasteiger charge is -2.35. The molecule has 10 heavy (non-hydrogen) atoms. The normalized spacial score (nSPS) is 22.1. The third-order valence-corrected chi connectivity index (χ3v) is 1.96. The predicted octanol–water partition coefficient (Wildman–Crippen LogP) is 1.57. The van der Waals surface area contributed by atoms with Crippen LogP contribution in [0.3, 0.4) is 0 Å². The fourth-order valence-corrected chi connectivity index (χ4v) is 1.17. The highest BCUT2D eigenvalue weighted by molar-refractivity contribution is 5.15. The van der Waals surface area contributed by atoms with E-state index in [1.807, 2.05) is 12.1 Å². The second-order valence-corrected chi connectivity index (χ2v) is 3.03. The molecule has 1 aliphatic rings. The van der Waals surface area contributed by atoms with Gasteiger partial charge in [0, 0.05) is 0 Å². The minimum absolute atomic E-state index is 0.156. The van der Waals surface area contributed by atoms with Crippen LogP contribution in [0.2, 0.25) is 0 Å². The van der Waals surface area contributed by atoms with E-state index in [4.69, 9.17) is 9.15 Å². The molecule has 0 aliphatic carbocycles. The lowest BCUT2D eigenvalue weighted by atomic mass is 9.86. The maximum Gasteiger partial charge on any atom is 0.114 e. The maximum absolute atomic E-state index is 5.26. The Morgan fingerprint density at radius 3 is 2.70 bits per heavy atom. The van der Waals surface area contributed by atoms with Crippen LogP contribution in [0.5, 0.6) is 0 Å². The molecule has 0 N–H and O–H groups in total. The molecule has 2 heterocycles. The van der Waals surface area contributed by atoms with Crippen molar-refractivity contribution in [2.75, 3.05) is 13.2 Å². The Morgan fingerprint density at radius 1 is 1.50 bits per heavy atom. The molecule has 0 aromatic carbocycles. The van der Waals surface area contributed by atoms with Crippen molar-refractivity contribution in [1.29, 1.82) is 0 Å². The zero-order chi connectivity index (χ0) is 7.03. The van der Waals surface area contributed by atoms with Gasteiger partial charge in [0.1, 0.15) is 5.76 Å². The molecular weight excluding hydrogens is 128 g/mol. The molecule has 0 saturated carbocycles. The maximum atomic E-state index is 5.26. The summed E-state index contributed by atoms with van der Waals surface area (Å²) < 4.78 is 10.4. The highest BCUT2D eigenvalue weighted by atomic mass is 16.5. The molecule has 1 fully saturated rings. The first kappa shape index (κ1) is 5.98. The first-order valence-corrected chi connectivity index (χ1v) is 3.43. The lowest BCUT2D eigenvalue weighted by Crippen LogP contribution is -2.43. The Hall–Kier alpha value is -0.760. The summed E-state index contributed by atoms with van der Waals surface area (Å²) in [7, 11) is 0. The molecule has 54 valence electrons. The molecule has 0 spiro atoms. The van der Waals surface area contributed by atoms with E-state index in [-0.39, 0.29) is 5.41 Å². The van der Waals surface area contributed by atoms with Gasteiger partial charge in [-0.3, -0.25) is 0 Å². The van der Waals surface area contributed by atoms with Crippen LogP contribution < -0.4 is 0 Å². The van der Waals surface area contributed by atoms with E-state index in [9.17, 15) is 0 Å². The van der Waals surface area contributed by atoms with Gasteiger partial charge in [-0.2, -0.15) is 0 Å². The Balaban J connectivity index is 2.27. The van der Waals surface area contributed by atoms with Gasteiger partial charge in [-0.1, -0.05) is 0 Å². The smallest absolute Gasteiger partial charge is 0.114 e. The van der Waals surface area contributed by atoms with E-state index in [0.717, 1.165) is 19.0 Å². The van der Waals surface area contributed by atoms with Crippen molar-refractivity contribution in [3.05, 3.63) is 24.2 Å². The third-order valence-electron chi connectivity index (χ3n) is 1.96. The summed E-state index contributed by atoms with van der Waals surface area (Å²) in [4.78, 5) is 0. The molecule has 1 aliphatic heterocycles. The number of hydrogen-bond donors (Lipinski definition) is 0. The van der Waals surface area contributed by atoms with Crippen molar-refractivity contribution in [3.63, 3.8) is 0 Å². The van der Waals surface area contributed by atoms with E-state index < -0.39 is 0 Å². The molecule has 1 aromatic heterocycles. The molecule has 2 nitrogen and oxygen atoms in total. The summed E-state index contributed by atoms with van der Waals surface area (Å²) >= 11 is 0. The summed E-state index contributed by atoms with van der Waals surface area (Å²) in [5.41, 5.74) is 0.156. The fourth-order valence-electron chi connectivity index (χ4n) is 1.17. The second-order valence-electron chi connectivity index (χ2n) is 3.03. The first-order chi connectivity index (χ1) is 4.81. The van der Waals surface area contributed by atoms with E-state index in [1.54, 1.807) is 6.26 Å². The van der Waals surface area contributed by atoms with Gasteiger partial charge < -0.3 is 9.15 Å². The Kier molecular flexibility index (Phi) is 1.11. The van der Waals surface area contributed by atoms with Gasteiger partial charge in [0.15, 0.2) is 0 Å². The second kappa shape index (κ2) is 1.86. The summed E-state index contributed by atoms with van der Waals surface area (Å²) in [5.74, 6) is 1.04. The summed E-state index contributed by atoms with van der Waals surface area (Å²) in [6.45, 7) is 3.73. The van der Waals surface area contributed by atoms with Crippen LogP contribution >= 0.6 is 0 Å². The van der Waals surface area contributed by atoms with Crippen LogP contribution in [-0.4, -0.2) is 13.2 Å². The van der Waals surface area contributed by atoms with Crippen LogP contribution in [0.4, 0.5) is 0 Å². The molecule has 1 saturated heterocycles. The summed E-state index contributed by atoms with van der Waals surface area (Å²) in [5, 5.41) is 0. The van der Waals surface area contributed by atoms with Gasteiger partial charge in [0.05, 0.1) is 24.9 Å². The molecule has 2 heteroatoms. The van der Waals surface area contributed by atoms with Crippen LogP contribution in [0.15, 0.2) is 22.8 Å². The van der Waals surface area contributed by atoms with E-state index in [1.165, 1.54) is 0 Å². The van der Waals surface area contributed by atoms with Crippen molar-refractivity contribution >= 4 is 0 Å². The Bertz CT molecular complexity index is 209. The zero-order valence-corrected chi connectivity index (χ0v) is 5.96. The predicted molar refractivity (Wildman–Crippen MR) is 36.9 cm³/mol. The van der Waals surface area contributed by atoms with Crippen molar-refractivity contribution in [2.45, 2.75) is 12.3 Å². The van der Waals surface area contributed by atoms with Gasteiger partial charge in [-0.15, -0.1) is 0 Å². The average Bonchev–Trinajstić information content (AvgIpc) is 2.33. The highest BCUT2D eigenvalue weighted by Crippen LogP contribution is 2.31. The van der Waals surface area contributed by atoms with Crippen molar-refractivity contribution in [3.8, 4) is 0 Å². The molecule has 0 unspecified atom stereocenters. The van der Waals surface area contributed by atoms with Crippen molar-refractivity contribution in [1.82, 2.24) is 0 Å². The van der Waals surface area contributed by atoms with Crippen LogP contribution in [0.25, 0.3) is 0 Å². The third kappa shape index (κ3) is 0.688. The fraction of sp³-hybridized carbons (Fsp3) is 0.500. The number of ether oxygens (including phenoxy) is 1. The molecule has 2 rings (SSSR count). The number of furan rings is 1. The minimum Gasteiger partial charge on any atom is -0.469 e. The molecule has 0 radical (unpaired) electrons. The average molecular weight is 138 g/mol. The number of rotatable bonds is 1. The Morgan fingerprint density at radius 2 is 2.30 bits per heavy atom. The first-order valence-electron chi connectivity index (χ1n) is 3.43. The lowest BCUT2D eigenvalue weighted by molar-refractivity contribution is -0.0598. The minimum atomic E-state index is 0.156. The summed E-state index contributed by atoms with van der Waals surface area (Å²) in [6.07, 6.45) is 1.71. The van der Waals surface area contributed by atoms with Crippen LogP contribution in [-0.2, 0) is 10.2 Å². The van der Waals surface area contributed by atoms with Crippen LogP contribution in [0, 0.1) is 0 Å². The highest BCUT2D eigenvalue weighted by Gasteiger charge is 2.37. The number of hydrogen-bond acceptors (Lipinski definition) is 2. The molecule has 0 atom stereocenters. The van der Waals surface area contributed by atoms with E-state index >= 15 is 0 Å². The summed E-state index contributed by atoms with van der Waals surface area (Å²) in [6, 6.07) is 3.92. The van der Waals surface area contributed by atoms with Crippen molar-refractivity contribution in [2.24, 2.45) is 0 Å². The van der Waals surface area contributed by atoms with Gasteiger partial charge >= 0.3 is 0 Å². The van der Waals surface area contributed by atoms with E-state index in [0.29, 0.717) is 0 Å². The quantitative estimate of drug-likeness (QED) is 0.587. The van der Waals surface area contributed by atoms with Gasteiger partial charge in [-0.25, -0.2) is 0 Å². The molecular formula is C8H10O2. The standard InChI is InChI=1S/C8H10O2/c1-8(5-9-6-8)7-3-2-4-10-7/h2-4H,5-6H2,1H3. The molecule has 1 aromatic rings. The SMILES string of the molecule is CC1(c2ccco2)COC1. The van der Waals surface area contributed by atoms with Gasteiger partial charge in [0.2, 0.25) is 0 Å². The molecule has 0 bridgehead atoms. The van der Waals surface area contributed by atoms with E-state index in [2.05, 4.69) is 6.92 Å². The largest absolute Gasteiger partial charge is 0.469 e. The van der Waals surface area contributed by atoms with Crippen LogP contribution in [0.1, 0.15) is 12.7 Å². The van der Waals surface area contributed by atoms with Gasteiger partial charge in [-0.05, 0) is 19.1 Å². The van der Waals surface area contributed by atoms with Crippen molar-refractivity contribution < 1.29 is 9.15 Å².